The van der Waals surface area contributed by atoms with E-state index in [0.717, 1.165) is 51.4 Å². The Morgan fingerprint density at radius 1 is 0.343 bits per heavy atom. The number of nitrogens with one attached hydrogen (secondary N) is 1. The van der Waals surface area contributed by atoms with Crippen molar-refractivity contribution in [2.45, 2.75) is 359 Å². The number of amides is 1. The predicted octanol–water partition coefficient (Wildman–Crippen LogP) is 18.8. The molecular formula is C64H123NO5. The number of aliphatic hydroxyl groups is 4. The number of carbonyl (C=O) groups excluding carboxylic acids is 1. The van der Waals surface area contributed by atoms with Crippen LogP contribution >= 0.6 is 0 Å². The second-order valence-corrected chi connectivity index (χ2v) is 21.7. The first-order valence-electron chi connectivity index (χ1n) is 31.4. The van der Waals surface area contributed by atoms with E-state index in [1.807, 2.05) is 0 Å². The summed E-state index contributed by atoms with van der Waals surface area (Å²) in [7, 11) is 0. The molecule has 70 heavy (non-hydrogen) atoms. The number of carbonyl (C=O) groups is 1. The van der Waals surface area contributed by atoms with Gasteiger partial charge in [0.2, 0.25) is 5.91 Å². The molecule has 4 atom stereocenters. The molecule has 6 heteroatoms. The monoisotopic (exact) mass is 986 g/mol. The highest BCUT2D eigenvalue weighted by Gasteiger charge is 2.28. The maximum atomic E-state index is 12.6. The van der Waals surface area contributed by atoms with Gasteiger partial charge >= 0.3 is 0 Å². The van der Waals surface area contributed by atoms with Crippen LogP contribution in [0.15, 0.2) is 36.5 Å². The van der Waals surface area contributed by atoms with E-state index in [1.165, 1.54) is 250 Å². The van der Waals surface area contributed by atoms with Gasteiger partial charge in [0.05, 0.1) is 18.8 Å². The van der Waals surface area contributed by atoms with Crippen molar-refractivity contribution in [1.82, 2.24) is 5.32 Å². The average Bonchev–Trinajstić information content (AvgIpc) is 3.36. The quantitative estimate of drug-likeness (QED) is 0.0308. The van der Waals surface area contributed by atoms with Gasteiger partial charge < -0.3 is 25.7 Å². The van der Waals surface area contributed by atoms with Crippen molar-refractivity contribution < 1.29 is 25.2 Å². The summed E-state index contributed by atoms with van der Waals surface area (Å²) >= 11 is 0. The van der Waals surface area contributed by atoms with Crippen LogP contribution in [0, 0.1) is 0 Å². The van der Waals surface area contributed by atoms with E-state index in [0.29, 0.717) is 19.3 Å². The van der Waals surface area contributed by atoms with Crippen molar-refractivity contribution >= 4 is 5.91 Å². The molecule has 0 aliphatic heterocycles. The van der Waals surface area contributed by atoms with Crippen LogP contribution in [-0.4, -0.2) is 57.3 Å². The molecule has 0 bridgehead atoms. The summed E-state index contributed by atoms with van der Waals surface area (Å²) in [5, 5.41) is 44.1. The summed E-state index contributed by atoms with van der Waals surface area (Å²) in [6.07, 6.45) is 73.8. The van der Waals surface area contributed by atoms with Gasteiger partial charge in [-0.05, 0) is 64.2 Å². The molecule has 0 radical (unpaired) electrons. The Morgan fingerprint density at radius 2 is 0.600 bits per heavy atom. The van der Waals surface area contributed by atoms with E-state index >= 15 is 0 Å². The molecule has 6 nitrogen and oxygen atoms in total. The fourth-order valence-electron chi connectivity index (χ4n) is 9.91. The number of allylic oxidation sites excluding steroid dienone is 6. The van der Waals surface area contributed by atoms with Crippen LogP contribution in [-0.2, 0) is 4.79 Å². The molecular weight excluding hydrogens is 863 g/mol. The van der Waals surface area contributed by atoms with Crippen LogP contribution in [0.5, 0.6) is 0 Å². The molecule has 0 aromatic heterocycles. The minimum absolute atomic E-state index is 0.362. The second kappa shape index (κ2) is 58.4. The average molecular weight is 987 g/mol. The van der Waals surface area contributed by atoms with Gasteiger partial charge in [-0.1, -0.05) is 307 Å². The zero-order valence-electron chi connectivity index (χ0n) is 47.0. The summed E-state index contributed by atoms with van der Waals surface area (Å²) in [4.78, 5) is 12.6. The first-order valence-corrected chi connectivity index (χ1v) is 31.4. The highest BCUT2D eigenvalue weighted by Crippen LogP contribution is 2.18. The molecule has 5 N–H and O–H groups in total. The summed E-state index contributed by atoms with van der Waals surface area (Å²) in [5.41, 5.74) is 0. The van der Waals surface area contributed by atoms with Crippen molar-refractivity contribution in [2.24, 2.45) is 0 Å². The van der Waals surface area contributed by atoms with E-state index in [2.05, 4.69) is 55.6 Å². The molecule has 4 unspecified atom stereocenters. The van der Waals surface area contributed by atoms with Gasteiger partial charge in [0.15, 0.2) is 0 Å². The van der Waals surface area contributed by atoms with Gasteiger partial charge in [-0.2, -0.15) is 0 Å². The summed E-state index contributed by atoms with van der Waals surface area (Å²) in [5.74, 6) is -0.594. The topological polar surface area (TPSA) is 110 Å². The second-order valence-electron chi connectivity index (χ2n) is 21.7. The largest absolute Gasteiger partial charge is 0.394 e. The van der Waals surface area contributed by atoms with Crippen molar-refractivity contribution in [3.63, 3.8) is 0 Å². The molecule has 0 aromatic carbocycles. The van der Waals surface area contributed by atoms with Crippen LogP contribution in [0.1, 0.15) is 335 Å². The zero-order valence-corrected chi connectivity index (χ0v) is 47.0. The Kier molecular flexibility index (Phi) is 57.2. The highest BCUT2D eigenvalue weighted by molar-refractivity contribution is 5.80. The Bertz CT molecular complexity index is 1110. The van der Waals surface area contributed by atoms with Crippen LogP contribution in [0.25, 0.3) is 0 Å². The number of rotatable bonds is 58. The lowest BCUT2D eigenvalue weighted by molar-refractivity contribution is -0.132. The maximum Gasteiger partial charge on any atom is 0.249 e. The first kappa shape index (κ1) is 68.5. The lowest BCUT2D eigenvalue weighted by Crippen LogP contribution is -2.53. The zero-order chi connectivity index (χ0) is 50.9. The maximum absolute atomic E-state index is 12.6. The van der Waals surface area contributed by atoms with Gasteiger partial charge in [0, 0.05) is 0 Å². The minimum Gasteiger partial charge on any atom is -0.394 e. The van der Waals surface area contributed by atoms with Crippen molar-refractivity contribution in [3.05, 3.63) is 36.5 Å². The minimum atomic E-state index is -1.29. The molecule has 414 valence electrons. The van der Waals surface area contributed by atoms with E-state index < -0.39 is 36.9 Å². The SMILES string of the molecule is CCCCCCCCCCCCCC/C=C/CC/C=C/CC/C=C/CCCC(O)C(O)C(CO)NC(=O)C(O)CCCCCCCCCCCCCCCCCCCCCCCCCCCCCCC. The van der Waals surface area contributed by atoms with Crippen molar-refractivity contribution in [2.75, 3.05) is 6.61 Å². The summed E-state index contributed by atoms with van der Waals surface area (Å²) in [6, 6.07) is -1.01. The molecule has 0 rings (SSSR count). The number of hydrogen-bond donors (Lipinski definition) is 5. The number of unbranched alkanes of at least 4 members (excludes halogenated alkanes) is 43. The predicted molar refractivity (Wildman–Crippen MR) is 307 cm³/mol. The molecule has 0 fully saturated rings. The fraction of sp³-hybridized carbons (Fsp3) is 0.891. The van der Waals surface area contributed by atoms with E-state index in [-0.39, 0.29) is 0 Å². The van der Waals surface area contributed by atoms with Crippen LogP contribution in [0.3, 0.4) is 0 Å². The third-order valence-corrected chi connectivity index (χ3v) is 14.8. The van der Waals surface area contributed by atoms with E-state index in [4.69, 9.17) is 0 Å². The Hall–Kier alpha value is -1.47. The summed E-state index contributed by atoms with van der Waals surface area (Å²) in [6.45, 7) is 4.08. The molecule has 0 aromatic rings. The van der Waals surface area contributed by atoms with Gasteiger partial charge in [0.25, 0.3) is 0 Å². The normalized spacial score (nSPS) is 13.9. The Balaban J connectivity index is 3.63. The van der Waals surface area contributed by atoms with Gasteiger partial charge in [0.1, 0.15) is 12.2 Å². The molecule has 0 spiro atoms. The van der Waals surface area contributed by atoms with E-state index in [1.54, 1.807) is 0 Å². The fourth-order valence-corrected chi connectivity index (χ4v) is 9.91. The number of aliphatic hydroxyl groups excluding tert-OH is 4. The lowest BCUT2D eigenvalue weighted by Gasteiger charge is -2.27. The molecule has 1 amide bonds. The van der Waals surface area contributed by atoms with Gasteiger partial charge in [-0.3, -0.25) is 4.79 Å². The molecule has 0 heterocycles. The number of hydrogen-bond acceptors (Lipinski definition) is 5. The van der Waals surface area contributed by atoms with Crippen LogP contribution in [0.2, 0.25) is 0 Å². The first-order chi connectivity index (χ1) is 34.5. The lowest BCUT2D eigenvalue weighted by atomic mass is 10.00. The molecule has 0 saturated heterocycles. The third kappa shape index (κ3) is 51.4. The standard InChI is InChI=1S/C64H123NO5/c1-3-5-7-9-11-13-15-17-19-21-23-25-27-29-30-31-32-34-36-38-40-42-44-46-48-50-52-54-56-58-62(68)64(70)65-60(59-66)63(69)61(67)57-55-53-51-49-47-45-43-41-39-37-35-33-28-26-24-22-20-18-16-14-12-10-8-6-4-2/h33,35,41,43,49,51,60-63,66-69H,3-32,34,36-40,42,44-48,50,52-59H2,1-2H3,(H,65,70)/b35-33+,43-41+,51-49+. The van der Waals surface area contributed by atoms with Crippen LogP contribution in [0.4, 0.5) is 0 Å². The van der Waals surface area contributed by atoms with Crippen molar-refractivity contribution in [1.29, 1.82) is 0 Å². The molecule has 0 saturated carbocycles. The van der Waals surface area contributed by atoms with Gasteiger partial charge in [-0.25, -0.2) is 0 Å². The molecule has 0 aliphatic carbocycles. The Labute approximate surface area is 437 Å². The van der Waals surface area contributed by atoms with Crippen LogP contribution < -0.4 is 5.32 Å². The smallest absolute Gasteiger partial charge is 0.249 e. The van der Waals surface area contributed by atoms with Gasteiger partial charge in [-0.15, -0.1) is 0 Å². The van der Waals surface area contributed by atoms with E-state index in [9.17, 15) is 25.2 Å². The Morgan fingerprint density at radius 3 is 0.900 bits per heavy atom. The molecule has 0 aliphatic rings. The third-order valence-electron chi connectivity index (χ3n) is 14.8. The van der Waals surface area contributed by atoms with Crippen molar-refractivity contribution in [3.8, 4) is 0 Å². The highest BCUT2D eigenvalue weighted by atomic mass is 16.3. The summed E-state index contributed by atoms with van der Waals surface area (Å²) < 4.78 is 0.